The molecule has 4 nitrogen and oxygen atoms in total. The van der Waals surface area contributed by atoms with E-state index in [1.54, 1.807) is 7.11 Å². The first-order valence-electron chi connectivity index (χ1n) is 6.45. The number of hydrogen-bond acceptors (Lipinski definition) is 3. The fraction of sp³-hybridized carbons (Fsp3) is 0.500. The van der Waals surface area contributed by atoms with Crippen LogP contribution in [0.4, 0.5) is 5.69 Å². The Morgan fingerprint density at radius 2 is 2.26 bits per heavy atom. The molecule has 1 saturated heterocycles. The van der Waals surface area contributed by atoms with Crippen molar-refractivity contribution < 1.29 is 9.53 Å². The highest BCUT2D eigenvalue weighted by Gasteiger charge is 2.34. The third-order valence-corrected chi connectivity index (χ3v) is 4.18. The normalized spacial score (nSPS) is 22.9. The van der Waals surface area contributed by atoms with E-state index in [1.165, 1.54) is 0 Å². The summed E-state index contributed by atoms with van der Waals surface area (Å²) in [4.78, 5) is 12.3. The first-order valence-corrected chi connectivity index (χ1v) is 7.24. The highest BCUT2D eigenvalue weighted by atomic mass is 79.9. The van der Waals surface area contributed by atoms with Crippen LogP contribution in [-0.4, -0.2) is 25.1 Å². The SMILES string of the molecule is COc1cc(NC(=O)C2(C)CCCCN2)ccc1Br. The molecular formula is C14H19BrN2O2. The van der Waals surface area contributed by atoms with Crippen molar-refractivity contribution in [2.75, 3.05) is 19.0 Å². The molecule has 1 aliphatic heterocycles. The largest absolute Gasteiger partial charge is 0.495 e. The van der Waals surface area contributed by atoms with Crippen molar-refractivity contribution in [3.05, 3.63) is 22.7 Å². The highest BCUT2D eigenvalue weighted by molar-refractivity contribution is 9.10. The van der Waals surface area contributed by atoms with Crippen LogP contribution in [-0.2, 0) is 4.79 Å². The quantitative estimate of drug-likeness (QED) is 0.897. The van der Waals surface area contributed by atoms with Crippen molar-refractivity contribution in [3.8, 4) is 5.75 Å². The Labute approximate surface area is 122 Å². The maximum Gasteiger partial charge on any atom is 0.244 e. The smallest absolute Gasteiger partial charge is 0.244 e. The topological polar surface area (TPSA) is 50.4 Å². The minimum Gasteiger partial charge on any atom is -0.495 e. The van der Waals surface area contributed by atoms with Crippen molar-refractivity contribution in [1.82, 2.24) is 5.32 Å². The molecule has 2 N–H and O–H groups in total. The zero-order valence-corrected chi connectivity index (χ0v) is 12.8. The zero-order chi connectivity index (χ0) is 13.9. The number of carbonyl (C=O) groups is 1. The fourth-order valence-corrected chi connectivity index (χ4v) is 2.67. The van der Waals surface area contributed by atoms with Crippen molar-refractivity contribution in [2.24, 2.45) is 0 Å². The number of ether oxygens (including phenoxy) is 1. The summed E-state index contributed by atoms with van der Waals surface area (Å²) < 4.78 is 6.09. The molecule has 1 aliphatic rings. The molecule has 1 aromatic carbocycles. The van der Waals surface area contributed by atoms with E-state index in [9.17, 15) is 4.79 Å². The molecule has 1 fully saturated rings. The number of rotatable bonds is 3. The number of amides is 1. The standard InChI is InChI=1S/C14H19BrN2O2/c1-14(7-3-4-8-16-14)13(18)17-10-5-6-11(15)12(9-10)19-2/h5-6,9,16H,3-4,7-8H2,1-2H3,(H,17,18). The van der Waals surface area contributed by atoms with Gasteiger partial charge in [-0.2, -0.15) is 0 Å². The Bertz CT molecular complexity index is 471. The molecule has 0 saturated carbocycles. The summed E-state index contributed by atoms with van der Waals surface area (Å²) >= 11 is 3.39. The van der Waals surface area contributed by atoms with Gasteiger partial charge in [-0.15, -0.1) is 0 Å². The lowest BCUT2D eigenvalue weighted by atomic mass is 9.90. The molecular weight excluding hydrogens is 308 g/mol. The highest BCUT2D eigenvalue weighted by Crippen LogP contribution is 2.28. The van der Waals surface area contributed by atoms with Crippen LogP contribution in [0.15, 0.2) is 22.7 Å². The number of halogens is 1. The number of nitrogens with one attached hydrogen (secondary N) is 2. The molecule has 0 spiro atoms. The Hall–Kier alpha value is -1.07. The molecule has 104 valence electrons. The van der Waals surface area contributed by atoms with Gasteiger partial charge in [0.2, 0.25) is 5.91 Å². The van der Waals surface area contributed by atoms with Gasteiger partial charge in [0.25, 0.3) is 0 Å². The maximum absolute atomic E-state index is 12.3. The molecule has 0 radical (unpaired) electrons. The number of benzene rings is 1. The summed E-state index contributed by atoms with van der Waals surface area (Å²) in [6.45, 7) is 2.85. The predicted octanol–water partition coefficient (Wildman–Crippen LogP) is 2.93. The van der Waals surface area contributed by atoms with Gasteiger partial charge < -0.3 is 15.4 Å². The Balaban J connectivity index is 2.10. The minimum absolute atomic E-state index is 0.0107. The summed E-state index contributed by atoms with van der Waals surface area (Å²) in [6, 6.07) is 5.54. The van der Waals surface area contributed by atoms with Gasteiger partial charge in [0.15, 0.2) is 0 Å². The van der Waals surface area contributed by atoms with Crippen molar-refractivity contribution in [2.45, 2.75) is 31.7 Å². The molecule has 0 aromatic heterocycles. The third kappa shape index (κ3) is 3.28. The van der Waals surface area contributed by atoms with E-state index in [0.29, 0.717) is 5.75 Å². The second-order valence-corrected chi connectivity index (χ2v) is 5.87. The number of anilines is 1. The predicted molar refractivity (Wildman–Crippen MR) is 79.6 cm³/mol. The van der Waals surface area contributed by atoms with Crippen LogP contribution in [0.2, 0.25) is 0 Å². The molecule has 1 amide bonds. The maximum atomic E-state index is 12.3. The molecule has 5 heteroatoms. The lowest BCUT2D eigenvalue weighted by Gasteiger charge is -2.33. The molecule has 0 aliphatic carbocycles. The van der Waals surface area contributed by atoms with Crippen molar-refractivity contribution in [1.29, 1.82) is 0 Å². The zero-order valence-electron chi connectivity index (χ0n) is 11.3. The number of methoxy groups -OCH3 is 1. The van der Waals surface area contributed by atoms with Gasteiger partial charge in [-0.3, -0.25) is 4.79 Å². The average Bonchev–Trinajstić information content (AvgIpc) is 2.41. The summed E-state index contributed by atoms with van der Waals surface area (Å²) in [5.74, 6) is 0.719. The van der Waals surface area contributed by atoms with Crippen molar-refractivity contribution >= 4 is 27.5 Å². The van der Waals surface area contributed by atoms with Crippen LogP contribution < -0.4 is 15.4 Å². The number of hydrogen-bond donors (Lipinski definition) is 2. The van der Waals surface area contributed by atoms with Gasteiger partial charge in [-0.05, 0) is 60.8 Å². The fourth-order valence-electron chi connectivity index (χ4n) is 2.26. The van der Waals surface area contributed by atoms with Gasteiger partial charge in [0.05, 0.1) is 17.1 Å². The molecule has 1 atom stereocenters. The summed E-state index contributed by atoms with van der Waals surface area (Å²) in [5.41, 5.74) is 0.275. The first kappa shape index (κ1) is 14.3. The van der Waals surface area contributed by atoms with Crippen LogP contribution in [0.3, 0.4) is 0 Å². The monoisotopic (exact) mass is 326 g/mol. The van der Waals surface area contributed by atoms with Gasteiger partial charge in [-0.1, -0.05) is 0 Å². The number of piperidine rings is 1. The van der Waals surface area contributed by atoms with E-state index in [2.05, 4.69) is 26.6 Å². The molecule has 2 rings (SSSR count). The summed E-state index contributed by atoms with van der Waals surface area (Å²) in [6.07, 6.45) is 3.09. The van der Waals surface area contributed by atoms with Gasteiger partial charge in [0, 0.05) is 11.8 Å². The molecule has 1 unspecified atom stereocenters. The van der Waals surface area contributed by atoms with Gasteiger partial charge >= 0.3 is 0 Å². The van der Waals surface area contributed by atoms with E-state index in [4.69, 9.17) is 4.74 Å². The minimum atomic E-state index is -0.474. The third-order valence-electron chi connectivity index (χ3n) is 3.53. The van der Waals surface area contributed by atoms with Gasteiger partial charge in [0.1, 0.15) is 5.75 Å². The van der Waals surface area contributed by atoms with E-state index in [-0.39, 0.29) is 5.91 Å². The van der Waals surface area contributed by atoms with E-state index < -0.39 is 5.54 Å². The number of carbonyl (C=O) groups excluding carboxylic acids is 1. The average molecular weight is 327 g/mol. The lowest BCUT2D eigenvalue weighted by Crippen LogP contribution is -2.54. The molecule has 19 heavy (non-hydrogen) atoms. The Morgan fingerprint density at radius 3 is 2.89 bits per heavy atom. The van der Waals surface area contributed by atoms with Crippen LogP contribution in [0.1, 0.15) is 26.2 Å². The van der Waals surface area contributed by atoms with Gasteiger partial charge in [-0.25, -0.2) is 0 Å². The molecule has 1 heterocycles. The van der Waals surface area contributed by atoms with Crippen LogP contribution in [0, 0.1) is 0 Å². The molecule has 1 aromatic rings. The van der Waals surface area contributed by atoms with E-state index in [1.807, 2.05) is 25.1 Å². The van der Waals surface area contributed by atoms with Crippen molar-refractivity contribution in [3.63, 3.8) is 0 Å². The molecule has 0 bridgehead atoms. The Kier molecular flexibility index (Phi) is 4.47. The van der Waals surface area contributed by atoms with E-state index >= 15 is 0 Å². The Morgan fingerprint density at radius 1 is 1.47 bits per heavy atom. The lowest BCUT2D eigenvalue weighted by molar-refractivity contribution is -0.122. The summed E-state index contributed by atoms with van der Waals surface area (Å²) in [5, 5.41) is 6.25. The second-order valence-electron chi connectivity index (χ2n) is 5.02. The first-order chi connectivity index (χ1) is 9.05. The van der Waals surface area contributed by atoms with E-state index in [0.717, 1.165) is 36.0 Å². The van der Waals surface area contributed by atoms with Crippen LogP contribution in [0.5, 0.6) is 5.75 Å². The van der Waals surface area contributed by atoms with Crippen LogP contribution >= 0.6 is 15.9 Å². The summed E-state index contributed by atoms with van der Waals surface area (Å²) in [7, 11) is 1.61. The van der Waals surface area contributed by atoms with Crippen LogP contribution in [0.25, 0.3) is 0 Å². The second kappa shape index (κ2) is 5.92.